The second-order valence-electron chi connectivity index (χ2n) is 3.79. The van der Waals surface area contributed by atoms with Crippen molar-refractivity contribution in [2.45, 2.75) is 12.6 Å². The Morgan fingerprint density at radius 3 is 2.56 bits per heavy atom. The van der Waals surface area contributed by atoms with Crippen LogP contribution in [0.5, 0.6) is 0 Å². The number of thioether (sulfide) groups is 1. The van der Waals surface area contributed by atoms with Gasteiger partial charge in [-0.1, -0.05) is 30.3 Å². The number of nitrogens with two attached hydrogens (primary N) is 2. The van der Waals surface area contributed by atoms with E-state index in [0.717, 1.165) is 5.56 Å². The van der Waals surface area contributed by atoms with Crippen molar-refractivity contribution in [2.75, 3.05) is 11.5 Å². The molecule has 0 heterocycles. The molecule has 5 N–H and O–H groups in total. The molecule has 0 saturated carbocycles. The number of carbonyl (C=O) groups excluding carboxylic acids is 2. The lowest BCUT2D eigenvalue weighted by molar-refractivity contribution is -0.119. The molecule has 5 nitrogen and oxygen atoms in total. The van der Waals surface area contributed by atoms with Crippen LogP contribution in [0.1, 0.15) is 5.56 Å². The zero-order valence-electron chi connectivity index (χ0n) is 9.96. The van der Waals surface area contributed by atoms with Crippen molar-refractivity contribution in [1.82, 2.24) is 5.32 Å². The minimum absolute atomic E-state index is 0.0828. The van der Waals surface area contributed by atoms with Crippen LogP contribution in [0.4, 0.5) is 0 Å². The summed E-state index contributed by atoms with van der Waals surface area (Å²) in [5, 5.41) is 2.79. The van der Waals surface area contributed by atoms with Crippen LogP contribution < -0.4 is 16.8 Å². The third-order valence-electron chi connectivity index (χ3n) is 2.23. The normalized spacial score (nSPS) is 11.8. The Labute approximate surface area is 110 Å². The van der Waals surface area contributed by atoms with E-state index in [-0.39, 0.29) is 11.7 Å². The standard InChI is InChI=1S/C12H17N3O2S/c13-10(12(14)17)7-18-8-11(16)15-6-9-4-2-1-3-5-9/h1-5,10H,6-8,13H2,(H2,14,17)(H,15,16)/t10-/m0/s1. The van der Waals surface area contributed by atoms with Gasteiger partial charge < -0.3 is 16.8 Å². The zero-order valence-corrected chi connectivity index (χ0v) is 10.8. The predicted octanol–water partition coefficient (Wildman–Crippen LogP) is -0.151. The molecule has 0 unspecified atom stereocenters. The van der Waals surface area contributed by atoms with Crippen LogP contribution in [0.15, 0.2) is 30.3 Å². The molecular formula is C12H17N3O2S. The van der Waals surface area contributed by atoms with E-state index in [1.807, 2.05) is 30.3 Å². The molecule has 0 spiro atoms. The highest BCUT2D eigenvalue weighted by Gasteiger charge is 2.10. The molecule has 1 aromatic carbocycles. The molecule has 6 heteroatoms. The fraction of sp³-hybridized carbons (Fsp3) is 0.333. The number of rotatable bonds is 7. The van der Waals surface area contributed by atoms with Crippen molar-refractivity contribution in [2.24, 2.45) is 11.5 Å². The quantitative estimate of drug-likeness (QED) is 0.640. The second-order valence-corrected chi connectivity index (χ2v) is 4.82. The summed E-state index contributed by atoms with van der Waals surface area (Å²) in [5.74, 6) is -0.00485. The van der Waals surface area contributed by atoms with E-state index in [4.69, 9.17) is 11.5 Å². The molecule has 0 bridgehead atoms. The van der Waals surface area contributed by atoms with E-state index in [0.29, 0.717) is 12.3 Å². The third-order valence-corrected chi connectivity index (χ3v) is 3.29. The molecule has 0 aromatic heterocycles. The number of benzene rings is 1. The van der Waals surface area contributed by atoms with E-state index < -0.39 is 11.9 Å². The monoisotopic (exact) mass is 267 g/mol. The maximum Gasteiger partial charge on any atom is 0.235 e. The van der Waals surface area contributed by atoms with Gasteiger partial charge in [0.2, 0.25) is 11.8 Å². The van der Waals surface area contributed by atoms with Crippen LogP contribution in [0.25, 0.3) is 0 Å². The van der Waals surface area contributed by atoms with Crippen LogP contribution in [0.2, 0.25) is 0 Å². The van der Waals surface area contributed by atoms with Gasteiger partial charge in [-0.3, -0.25) is 9.59 Å². The lowest BCUT2D eigenvalue weighted by atomic mass is 10.2. The minimum atomic E-state index is -0.697. The summed E-state index contributed by atoms with van der Waals surface area (Å²) in [6, 6.07) is 8.95. The van der Waals surface area contributed by atoms with Crippen LogP contribution in [-0.2, 0) is 16.1 Å². The lowest BCUT2D eigenvalue weighted by Gasteiger charge is -2.07. The SMILES string of the molecule is NC(=O)[C@@H](N)CSCC(=O)NCc1ccccc1. The molecule has 0 aliphatic rings. The summed E-state index contributed by atoms with van der Waals surface area (Å²) in [4.78, 5) is 22.1. The van der Waals surface area contributed by atoms with E-state index in [1.54, 1.807) is 0 Å². The lowest BCUT2D eigenvalue weighted by Crippen LogP contribution is -2.38. The molecule has 1 aromatic rings. The van der Waals surface area contributed by atoms with Gasteiger partial charge in [0.05, 0.1) is 11.8 Å². The van der Waals surface area contributed by atoms with E-state index in [9.17, 15) is 9.59 Å². The Morgan fingerprint density at radius 1 is 1.28 bits per heavy atom. The fourth-order valence-corrected chi connectivity index (χ4v) is 2.03. The van der Waals surface area contributed by atoms with E-state index in [2.05, 4.69) is 5.32 Å². The maximum absolute atomic E-state index is 11.5. The van der Waals surface area contributed by atoms with Gasteiger partial charge in [-0.25, -0.2) is 0 Å². The van der Waals surface area contributed by atoms with Crippen molar-refractivity contribution in [1.29, 1.82) is 0 Å². The molecule has 18 heavy (non-hydrogen) atoms. The Morgan fingerprint density at radius 2 is 1.94 bits per heavy atom. The summed E-state index contributed by atoms with van der Waals surface area (Å²) in [6.07, 6.45) is 0. The van der Waals surface area contributed by atoms with Crippen molar-refractivity contribution in [3.63, 3.8) is 0 Å². The smallest absolute Gasteiger partial charge is 0.235 e. The molecule has 0 aliphatic carbocycles. The zero-order chi connectivity index (χ0) is 13.4. The molecule has 0 radical (unpaired) electrons. The van der Waals surface area contributed by atoms with Gasteiger partial charge in [0, 0.05) is 12.3 Å². The molecule has 98 valence electrons. The summed E-state index contributed by atoms with van der Waals surface area (Å²) in [5.41, 5.74) is 11.5. The maximum atomic E-state index is 11.5. The van der Waals surface area contributed by atoms with Crippen LogP contribution in [0.3, 0.4) is 0 Å². The first-order valence-corrected chi connectivity index (χ1v) is 6.68. The van der Waals surface area contributed by atoms with Gasteiger partial charge in [-0.15, -0.1) is 11.8 Å². The summed E-state index contributed by atoms with van der Waals surface area (Å²) in [6.45, 7) is 0.502. The first-order chi connectivity index (χ1) is 8.59. The molecule has 1 rings (SSSR count). The summed E-state index contributed by atoms with van der Waals surface area (Å²) >= 11 is 1.30. The van der Waals surface area contributed by atoms with E-state index >= 15 is 0 Å². The van der Waals surface area contributed by atoms with Crippen LogP contribution in [0, 0.1) is 0 Å². The average molecular weight is 267 g/mol. The first-order valence-electron chi connectivity index (χ1n) is 5.53. The Hall–Kier alpha value is -1.53. The largest absolute Gasteiger partial charge is 0.368 e. The molecule has 0 saturated heterocycles. The van der Waals surface area contributed by atoms with Crippen molar-refractivity contribution in [3.05, 3.63) is 35.9 Å². The van der Waals surface area contributed by atoms with Crippen LogP contribution >= 0.6 is 11.8 Å². The summed E-state index contributed by atoms with van der Waals surface area (Å²) < 4.78 is 0. The molecule has 0 aliphatic heterocycles. The number of amides is 2. The third kappa shape index (κ3) is 5.70. The number of hydrogen-bond acceptors (Lipinski definition) is 4. The number of carbonyl (C=O) groups is 2. The average Bonchev–Trinajstić information content (AvgIpc) is 2.37. The highest BCUT2D eigenvalue weighted by atomic mass is 32.2. The second kappa shape index (κ2) is 7.73. The van der Waals surface area contributed by atoms with E-state index in [1.165, 1.54) is 11.8 Å². The topological polar surface area (TPSA) is 98.2 Å². The molecule has 1 atom stereocenters. The van der Waals surface area contributed by atoms with Gasteiger partial charge in [-0.2, -0.15) is 0 Å². The fourth-order valence-electron chi connectivity index (χ4n) is 1.21. The first kappa shape index (κ1) is 14.5. The number of primary amides is 1. The molecule has 2 amide bonds. The van der Waals surface area contributed by atoms with Crippen molar-refractivity contribution < 1.29 is 9.59 Å². The highest BCUT2D eigenvalue weighted by Crippen LogP contribution is 2.02. The highest BCUT2D eigenvalue weighted by molar-refractivity contribution is 8.00. The Balaban J connectivity index is 2.17. The predicted molar refractivity (Wildman–Crippen MR) is 72.8 cm³/mol. The minimum Gasteiger partial charge on any atom is -0.368 e. The van der Waals surface area contributed by atoms with Gasteiger partial charge in [0.15, 0.2) is 0 Å². The van der Waals surface area contributed by atoms with Crippen molar-refractivity contribution in [3.8, 4) is 0 Å². The van der Waals surface area contributed by atoms with Gasteiger partial charge in [0.25, 0.3) is 0 Å². The van der Waals surface area contributed by atoms with Gasteiger partial charge in [-0.05, 0) is 5.56 Å². The molecular weight excluding hydrogens is 250 g/mol. The van der Waals surface area contributed by atoms with Crippen LogP contribution in [-0.4, -0.2) is 29.4 Å². The Bertz CT molecular complexity index is 398. The molecule has 0 fully saturated rings. The number of hydrogen-bond donors (Lipinski definition) is 3. The van der Waals surface area contributed by atoms with Gasteiger partial charge in [0.1, 0.15) is 0 Å². The van der Waals surface area contributed by atoms with Crippen molar-refractivity contribution >= 4 is 23.6 Å². The summed E-state index contributed by atoms with van der Waals surface area (Å²) in [7, 11) is 0. The van der Waals surface area contributed by atoms with Gasteiger partial charge >= 0.3 is 0 Å². The number of nitrogens with one attached hydrogen (secondary N) is 1. The Kier molecular flexibility index (Phi) is 6.24.